The van der Waals surface area contributed by atoms with Crippen molar-refractivity contribution in [3.63, 3.8) is 0 Å². The van der Waals surface area contributed by atoms with Crippen molar-refractivity contribution in [3.05, 3.63) is 73.8 Å². The van der Waals surface area contributed by atoms with E-state index in [1.54, 1.807) is 13.0 Å². The molecule has 0 saturated carbocycles. The normalized spacial score (nSPS) is 10.2. The van der Waals surface area contributed by atoms with Crippen molar-refractivity contribution in [2.45, 2.75) is 13.3 Å². The van der Waals surface area contributed by atoms with E-state index in [-0.39, 0.29) is 23.5 Å². The number of non-ortho nitro benzene ring substituents is 1. The smallest absolute Gasteiger partial charge is 0.273 e. The van der Waals surface area contributed by atoms with Gasteiger partial charge in [0, 0.05) is 29.8 Å². The summed E-state index contributed by atoms with van der Waals surface area (Å²) in [5.41, 5.74) is 0.530. The van der Waals surface area contributed by atoms with Crippen molar-refractivity contribution in [3.8, 4) is 5.75 Å². The molecule has 1 N–H and O–H groups in total. The molecule has 2 aromatic rings. The Morgan fingerprint density at radius 1 is 1.12 bits per heavy atom. The summed E-state index contributed by atoms with van der Waals surface area (Å²) in [6, 6.07) is 10.1. The van der Waals surface area contributed by atoms with Crippen molar-refractivity contribution in [1.29, 1.82) is 0 Å². The van der Waals surface area contributed by atoms with E-state index in [1.807, 2.05) is 0 Å². The lowest BCUT2D eigenvalue weighted by Crippen LogP contribution is -2.25. The Kier molecular flexibility index (Phi) is 6.20. The Labute approximate surface area is 148 Å². The molecule has 26 heavy (non-hydrogen) atoms. The number of hydrogen-bond acceptors (Lipinski definition) is 6. The topological polar surface area (TPSA) is 125 Å². The minimum atomic E-state index is -0.529. The van der Waals surface area contributed by atoms with Crippen molar-refractivity contribution in [1.82, 2.24) is 5.32 Å². The number of nitrogens with zero attached hydrogens (tertiary/aromatic N) is 2. The van der Waals surface area contributed by atoms with Gasteiger partial charge in [-0.15, -0.1) is 0 Å². The Balaban J connectivity index is 1.80. The molecule has 9 heteroatoms. The SMILES string of the molecule is Cc1ccc(C(=O)NCCCOc2cccc([N+](=O)[O-])c2)cc1[N+](=O)[O-]. The van der Waals surface area contributed by atoms with E-state index in [4.69, 9.17) is 4.74 Å². The summed E-state index contributed by atoms with van der Waals surface area (Å²) in [6.07, 6.45) is 0.475. The molecule has 0 aliphatic heterocycles. The van der Waals surface area contributed by atoms with Crippen LogP contribution in [0.3, 0.4) is 0 Å². The minimum absolute atomic E-state index is 0.0585. The number of rotatable bonds is 8. The van der Waals surface area contributed by atoms with Crippen LogP contribution in [0.25, 0.3) is 0 Å². The lowest BCUT2D eigenvalue weighted by molar-refractivity contribution is -0.385. The summed E-state index contributed by atoms with van der Waals surface area (Å²) in [6.45, 7) is 2.16. The number of amides is 1. The largest absolute Gasteiger partial charge is 0.493 e. The van der Waals surface area contributed by atoms with Gasteiger partial charge in [0.05, 0.1) is 22.5 Å². The predicted molar refractivity (Wildman–Crippen MR) is 93.4 cm³/mol. The van der Waals surface area contributed by atoms with Crippen LogP contribution in [0.5, 0.6) is 5.75 Å². The Morgan fingerprint density at radius 3 is 2.58 bits per heavy atom. The number of nitrogens with one attached hydrogen (secondary N) is 1. The van der Waals surface area contributed by atoms with Gasteiger partial charge in [-0.05, 0) is 25.5 Å². The molecule has 9 nitrogen and oxygen atoms in total. The van der Waals surface area contributed by atoms with Crippen molar-refractivity contribution in [2.24, 2.45) is 0 Å². The van der Waals surface area contributed by atoms with E-state index < -0.39 is 15.8 Å². The van der Waals surface area contributed by atoms with E-state index in [9.17, 15) is 25.0 Å². The van der Waals surface area contributed by atoms with Crippen LogP contribution in [-0.2, 0) is 0 Å². The second kappa shape index (κ2) is 8.56. The van der Waals surface area contributed by atoms with E-state index in [1.165, 1.54) is 36.4 Å². The van der Waals surface area contributed by atoms with Gasteiger partial charge in [-0.2, -0.15) is 0 Å². The van der Waals surface area contributed by atoms with Gasteiger partial charge in [0.15, 0.2) is 0 Å². The quantitative estimate of drug-likeness (QED) is 0.439. The number of benzene rings is 2. The molecule has 0 heterocycles. The number of aryl methyl sites for hydroxylation is 1. The van der Waals surface area contributed by atoms with E-state index in [2.05, 4.69) is 5.32 Å². The second-order valence-electron chi connectivity index (χ2n) is 5.47. The van der Waals surface area contributed by atoms with Crippen molar-refractivity contribution < 1.29 is 19.4 Å². The molecule has 0 aromatic heterocycles. The van der Waals surface area contributed by atoms with E-state index in [0.717, 1.165) is 0 Å². The fourth-order valence-electron chi connectivity index (χ4n) is 2.20. The molecule has 0 spiro atoms. The summed E-state index contributed by atoms with van der Waals surface area (Å²) in [5, 5.41) is 24.2. The number of carbonyl (C=O) groups excluding carboxylic acids is 1. The number of nitro benzene ring substituents is 2. The molecule has 1 amide bonds. The highest BCUT2D eigenvalue weighted by Crippen LogP contribution is 2.20. The fraction of sp³-hybridized carbons (Fsp3) is 0.235. The Bertz CT molecular complexity index is 837. The molecule has 0 atom stereocenters. The summed E-state index contributed by atoms with van der Waals surface area (Å²) in [4.78, 5) is 32.6. The molecule has 0 aliphatic rings. The van der Waals surface area contributed by atoms with Crippen LogP contribution in [0.1, 0.15) is 22.3 Å². The third kappa shape index (κ3) is 5.00. The van der Waals surface area contributed by atoms with Crippen LogP contribution in [0, 0.1) is 27.2 Å². The van der Waals surface area contributed by atoms with Crippen LogP contribution in [0.2, 0.25) is 0 Å². The van der Waals surface area contributed by atoms with Crippen molar-refractivity contribution in [2.75, 3.05) is 13.2 Å². The van der Waals surface area contributed by atoms with Gasteiger partial charge in [0.1, 0.15) is 5.75 Å². The average molecular weight is 359 g/mol. The third-order valence-electron chi connectivity index (χ3n) is 3.57. The first-order valence-corrected chi connectivity index (χ1v) is 7.79. The first kappa shape index (κ1) is 18.8. The highest BCUT2D eigenvalue weighted by atomic mass is 16.6. The van der Waals surface area contributed by atoms with Gasteiger partial charge in [0.2, 0.25) is 0 Å². The monoisotopic (exact) mass is 359 g/mol. The minimum Gasteiger partial charge on any atom is -0.493 e. The molecule has 0 unspecified atom stereocenters. The standard InChI is InChI=1S/C17H17N3O6/c1-12-6-7-13(10-16(12)20(24)25)17(21)18-8-3-9-26-15-5-2-4-14(11-15)19(22)23/h2,4-7,10-11H,3,8-9H2,1H3,(H,18,21). The Morgan fingerprint density at radius 2 is 1.88 bits per heavy atom. The highest BCUT2D eigenvalue weighted by molar-refractivity contribution is 5.94. The average Bonchev–Trinajstić information content (AvgIpc) is 2.61. The zero-order valence-corrected chi connectivity index (χ0v) is 14.0. The molecule has 2 rings (SSSR count). The first-order valence-electron chi connectivity index (χ1n) is 7.79. The van der Waals surface area contributed by atoms with Crippen LogP contribution >= 0.6 is 0 Å². The maximum atomic E-state index is 12.0. The van der Waals surface area contributed by atoms with Crippen LogP contribution in [0.4, 0.5) is 11.4 Å². The summed E-state index contributed by atoms with van der Waals surface area (Å²) >= 11 is 0. The fourth-order valence-corrected chi connectivity index (χ4v) is 2.20. The zero-order valence-electron chi connectivity index (χ0n) is 14.0. The number of carbonyl (C=O) groups is 1. The summed E-state index contributed by atoms with van der Waals surface area (Å²) < 4.78 is 5.41. The van der Waals surface area contributed by atoms with Crippen LogP contribution in [0.15, 0.2) is 42.5 Å². The van der Waals surface area contributed by atoms with Gasteiger partial charge < -0.3 is 10.1 Å². The van der Waals surface area contributed by atoms with Crippen LogP contribution in [-0.4, -0.2) is 28.9 Å². The molecular formula is C17H17N3O6. The lowest BCUT2D eigenvalue weighted by atomic mass is 10.1. The number of nitro groups is 2. The highest BCUT2D eigenvalue weighted by Gasteiger charge is 2.14. The summed E-state index contributed by atoms with van der Waals surface area (Å²) in [7, 11) is 0. The Hall–Kier alpha value is -3.49. The predicted octanol–water partition coefficient (Wildman–Crippen LogP) is 3.01. The third-order valence-corrected chi connectivity index (χ3v) is 3.57. The molecule has 0 radical (unpaired) electrons. The number of hydrogen-bond donors (Lipinski definition) is 1. The number of ether oxygens (including phenoxy) is 1. The van der Waals surface area contributed by atoms with Gasteiger partial charge in [-0.1, -0.05) is 12.1 Å². The van der Waals surface area contributed by atoms with Gasteiger partial charge in [0.25, 0.3) is 17.3 Å². The molecule has 2 aromatic carbocycles. The van der Waals surface area contributed by atoms with Crippen LogP contribution < -0.4 is 10.1 Å². The zero-order chi connectivity index (χ0) is 19.1. The molecular weight excluding hydrogens is 342 g/mol. The van der Waals surface area contributed by atoms with Crippen molar-refractivity contribution >= 4 is 17.3 Å². The van der Waals surface area contributed by atoms with Gasteiger partial charge in [-0.25, -0.2) is 0 Å². The molecule has 0 saturated heterocycles. The van der Waals surface area contributed by atoms with E-state index in [0.29, 0.717) is 24.3 Å². The van der Waals surface area contributed by atoms with E-state index >= 15 is 0 Å². The maximum Gasteiger partial charge on any atom is 0.273 e. The second-order valence-corrected chi connectivity index (χ2v) is 5.47. The molecule has 0 bridgehead atoms. The molecule has 136 valence electrons. The first-order chi connectivity index (χ1) is 12.4. The molecule has 0 fully saturated rings. The van der Waals surface area contributed by atoms with Gasteiger partial charge in [-0.3, -0.25) is 25.0 Å². The maximum absolute atomic E-state index is 12.0. The summed E-state index contributed by atoms with van der Waals surface area (Å²) in [5.74, 6) is -0.0388. The van der Waals surface area contributed by atoms with Gasteiger partial charge >= 0.3 is 0 Å². The lowest BCUT2D eigenvalue weighted by Gasteiger charge is -2.08. The molecule has 0 aliphatic carbocycles.